The predicted octanol–water partition coefficient (Wildman–Crippen LogP) is 2.75. The number of hydrogen-bond acceptors (Lipinski definition) is 8. The van der Waals surface area contributed by atoms with Gasteiger partial charge < -0.3 is 19.0 Å². The average molecular weight is 431 g/mol. The molecule has 4 aromatic rings. The molecule has 10 nitrogen and oxygen atoms in total. The van der Waals surface area contributed by atoms with Gasteiger partial charge in [0.2, 0.25) is 0 Å². The van der Waals surface area contributed by atoms with Gasteiger partial charge in [0.1, 0.15) is 17.3 Å². The van der Waals surface area contributed by atoms with Crippen LogP contribution in [0.3, 0.4) is 0 Å². The first-order chi connectivity index (χ1) is 15.7. The molecule has 1 aromatic carbocycles. The summed E-state index contributed by atoms with van der Waals surface area (Å²) in [6.45, 7) is 1.80. The van der Waals surface area contributed by atoms with Crippen LogP contribution in [0.1, 0.15) is 30.7 Å². The molecule has 0 bridgehead atoms. The molecule has 0 unspecified atom stereocenters. The lowest BCUT2D eigenvalue weighted by Crippen LogP contribution is -2.29. The number of hydrogen-bond donors (Lipinski definition) is 1. The van der Waals surface area contributed by atoms with Crippen LogP contribution in [-0.2, 0) is 11.3 Å². The molecule has 1 aliphatic heterocycles. The summed E-state index contributed by atoms with van der Waals surface area (Å²) in [4.78, 5) is 18.8. The summed E-state index contributed by atoms with van der Waals surface area (Å²) in [5.74, 6) is 0.0936. The third-order valence-corrected chi connectivity index (χ3v) is 5.57. The van der Waals surface area contributed by atoms with Crippen LogP contribution in [0.25, 0.3) is 28.2 Å². The number of H-pyrrole nitrogens is 1. The Bertz CT molecular complexity index is 1360. The van der Waals surface area contributed by atoms with Crippen molar-refractivity contribution < 1.29 is 9.15 Å². The predicted molar refractivity (Wildman–Crippen MR) is 116 cm³/mol. The Hall–Kier alpha value is -3.97. The minimum absolute atomic E-state index is 0.0936. The van der Waals surface area contributed by atoms with E-state index in [1.807, 2.05) is 35.2 Å². The summed E-state index contributed by atoms with van der Waals surface area (Å²) >= 11 is 0. The van der Waals surface area contributed by atoms with Crippen LogP contribution in [0.5, 0.6) is 0 Å². The molecule has 32 heavy (non-hydrogen) atoms. The molecule has 3 aromatic heterocycles. The van der Waals surface area contributed by atoms with Gasteiger partial charge >= 0.3 is 6.01 Å². The molecule has 0 amide bonds. The zero-order chi connectivity index (χ0) is 22.1. The highest BCUT2D eigenvalue weighted by Crippen LogP contribution is 2.29. The number of piperidine rings is 1. The second kappa shape index (κ2) is 8.28. The number of rotatable bonds is 5. The molecule has 0 saturated carbocycles. The highest BCUT2D eigenvalue weighted by molar-refractivity contribution is 5.82. The van der Waals surface area contributed by atoms with Crippen LogP contribution >= 0.6 is 0 Å². The smallest absolute Gasteiger partial charge is 0.318 e. The van der Waals surface area contributed by atoms with E-state index in [0.717, 1.165) is 31.5 Å². The maximum absolute atomic E-state index is 13.5. The van der Waals surface area contributed by atoms with Crippen molar-refractivity contribution in [2.24, 2.45) is 0 Å². The molecule has 4 heterocycles. The van der Waals surface area contributed by atoms with Crippen LogP contribution in [-0.4, -0.2) is 45.0 Å². The van der Waals surface area contributed by atoms with E-state index in [2.05, 4.69) is 26.3 Å². The fourth-order valence-corrected chi connectivity index (χ4v) is 4.08. The maximum Gasteiger partial charge on any atom is 0.318 e. The Morgan fingerprint density at radius 2 is 1.94 bits per heavy atom. The number of methoxy groups -OCH3 is 1. The van der Waals surface area contributed by atoms with Crippen LogP contribution in [0.4, 0.5) is 6.01 Å². The fraction of sp³-hybridized carbons (Fsp3) is 0.318. The second-order valence-corrected chi connectivity index (χ2v) is 7.62. The molecule has 0 atom stereocenters. The topological polar surface area (TPSA) is 125 Å². The first kappa shape index (κ1) is 20.0. The SMILES string of the molecule is COCc1[nH]c2c(-c3ccccc3)c(C#N)nn2c(=O)c1-c1nnc(N2CCCCC2)o1. The molecule has 0 spiro atoms. The van der Waals surface area contributed by atoms with E-state index < -0.39 is 5.56 Å². The number of fused-ring (bicyclic) bond motifs is 1. The van der Waals surface area contributed by atoms with Gasteiger partial charge in [-0.25, -0.2) is 0 Å². The summed E-state index contributed by atoms with van der Waals surface area (Å²) in [5.41, 5.74) is 2.07. The van der Waals surface area contributed by atoms with Gasteiger partial charge in [0.25, 0.3) is 11.4 Å². The second-order valence-electron chi connectivity index (χ2n) is 7.62. The van der Waals surface area contributed by atoms with E-state index in [9.17, 15) is 10.1 Å². The quantitative estimate of drug-likeness (QED) is 0.511. The largest absolute Gasteiger partial charge is 0.403 e. The fourth-order valence-electron chi connectivity index (χ4n) is 4.08. The van der Waals surface area contributed by atoms with Crippen molar-refractivity contribution in [3.05, 3.63) is 52.1 Å². The molecule has 1 saturated heterocycles. The van der Waals surface area contributed by atoms with E-state index in [1.165, 1.54) is 18.0 Å². The minimum Gasteiger partial charge on any atom is -0.403 e. The van der Waals surface area contributed by atoms with Crippen molar-refractivity contribution in [3.63, 3.8) is 0 Å². The summed E-state index contributed by atoms with van der Waals surface area (Å²) in [5, 5.41) is 22.2. The number of nitriles is 1. The number of benzene rings is 1. The Balaban J connectivity index is 1.70. The zero-order valence-electron chi connectivity index (χ0n) is 17.5. The number of anilines is 1. The Labute approximate surface area is 183 Å². The lowest BCUT2D eigenvalue weighted by Gasteiger charge is -2.24. The molecule has 5 rings (SSSR count). The Morgan fingerprint density at radius 3 is 2.66 bits per heavy atom. The standard InChI is InChI=1S/C22H21N7O3/c1-31-13-16-18(20-25-26-22(32-20)28-10-6-3-7-11-28)21(30)29-19(24-16)17(15(12-23)27-29)14-8-4-2-5-9-14/h2,4-5,8-9,24H,3,6-7,10-11,13H2,1H3. The van der Waals surface area contributed by atoms with Crippen molar-refractivity contribution in [2.45, 2.75) is 25.9 Å². The van der Waals surface area contributed by atoms with Gasteiger partial charge in [0.05, 0.1) is 17.9 Å². The normalized spacial score (nSPS) is 14.1. The van der Waals surface area contributed by atoms with Crippen LogP contribution in [0, 0.1) is 11.3 Å². The van der Waals surface area contributed by atoms with Crippen molar-refractivity contribution in [2.75, 3.05) is 25.1 Å². The van der Waals surface area contributed by atoms with E-state index in [0.29, 0.717) is 22.9 Å². The highest BCUT2D eigenvalue weighted by Gasteiger charge is 2.26. The number of aromatic amines is 1. The molecule has 1 aliphatic rings. The van der Waals surface area contributed by atoms with Gasteiger partial charge in [0.15, 0.2) is 5.69 Å². The number of nitrogens with zero attached hydrogens (tertiary/aromatic N) is 6. The molecular weight excluding hydrogens is 410 g/mol. The molecule has 1 fully saturated rings. The number of aromatic nitrogens is 5. The van der Waals surface area contributed by atoms with Gasteiger partial charge in [-0.1, -0.05) is 35.4 Å². The van der Waals surface area contributed by atoms with E-state index in [4.69, 9.17) is 9.15 Å². The van der Waals surface area contributed by atoms with Crippen molar-refractivity contribution in [1.82, 2.24) is 24.8 Å². The number of nitrogens with one attached hydrogen (secondary N) is 1. The average Bonchev–Trinajstić information content (AvgIpc) is 3.46. The van der Waals surface area contributed by atoms with E-state index >= 15 is 0 Å². The van der Waals surface area contributed by atoms with Gasteiger partial charge in [0, 0.05) is 20.2 Å². The van der Waals surface area contributed by atoms with Gasteiger partial charge in [-0.3, -0.25) is 4.79 Å². The van der Waals surface area contributed by atoms with Gasteiger partial charge in [-0.15, -0.1) is 5.10 Å². The molecule has 0 aliphatic carbocycles. The monoisotopic (exact) mass is 431 g/mol. The lowest BCUT2D eigenvalue weighted by atomic mass is 10.1. The van der Waals surface area contributed by atoms with E-state index in [1.54, 1.807) is 0 Å². The molecule has 162 valence electrons. The van der Waals surface area contributed by atoms with Gasteiger partial charge in [-0.05, 0) is 24.8 Å². The molecule has 0 radical (unpaired) electrons. The van der Waals surface area contributed by atoms with Crippen molar-refractivity contribution in [3.8, 4) is 28.7 Å². The minimum atomic E-state index is -0.460. The van der Waals surface area contributed by atoms with Crippen molar-refractivity contribution in [1.29, 1.82) is 5.26 Å². The third-order valence-electron chi connectivity index (χ3n) is 5.57. The zero-order valence-corrected chi connectivity index (χ0v) is 17.5. The van der Waals surface area contributed by atoms with Crippen molar-refractivity contribution >= 4 is 11.7 Å². The van der Waals surface area contributed by atoms with E-state index in [-0.39, 0.29) is 23.8 Å². The Kier molecular flexibility index (Phi) is 5.17. The third kappa shape index (κ3) is 3.33. The molecule has 1 N–H and O–H groups in total. The first-order valence-electron chi connectivity index (χ1n) is 10.4. The lowest BCUT2D eigenvalue weighted by molar-refractivity contribution is 0.182. The summed E-state index contributed by atoms with van der Waals surface area (Å²) < 4.78 is 12.4. The summed E-state index contributed by atoms with van der Waals surface area (Å²) in [7, 11) is 1.54. The number of ether oxygens (including phenoxy) is 1. The van der Waals surface area contributed by atoms with Crippen LogP contribution < -0.4 is 10.5 Å². The molecular formula is C22H21N7O3. The van der Waals surface area contributed by atoms with Crippen LogP contribution in [0.2, 0.25) is 0 Å². The Morgan fingerprint density at radius 1 is 1.16 bits per heavy atom. The highest BCUT2D eigenvalue weighted by atomic mass is 16.5. The van der Waals surface area contributed by atoms with Crippen LogP contribution in [0.15, 0.2) is 39.5 Å². The summed E-state index contributed by atoms with van der Waals surface area (Å²) in [6.07, 6.45) is 3.30. The van der Waals surface area contributed by atoms with Gasteiger partial charge in [-0.2, -0.15) is 14.9 Å². The maximum atomic E-state index is 13.5. The first-order valence-corrected chi connectivity index (χ1v) is 10.4. The molecule has 10 heteroatoms. The summed E-state index contributed by atoms with van der Waals surface area (Å²) in [6, 6.07) is 11.8.